The van der Waals surface area contributed by atoms with Crippen LogP contribution >= 0.6 is 15.8 Å². The highest BCUT2D eigenvalue weighted by molar-refractivity contribution is 7.77. The van der Waals surface area contributed by atoms with Gasteiger partial charge in [0.15, 0.2) is 11.8 Å². The normalized spacial score (nSPS) is 20.9. The first-order valence-corrected chi connectivity index (χ1v) is 19.3. The quantitative estimate of drug-likeness (QED) is 0.102. The second-order valence-electron chi connectivity index (χ2n) is 12.1. The Hall–Kier alpha value is -4.62. The van der Waals surface area contributed by atoms with E-state index in [9.17, 15) is 10.2 Å². The molecule has 4 aromatic carbocycles. The molecule has 3 aliphatic rings. The number of aliphatic hydroxyl groups is 2. The number of hydrogen-bond donors (Lipinski definition) is 4. The van der Waals surface area contributed by atoms with Gasteiger partial charge in [0, 0.05) is 23.2 Å². The lowest BCUT2D eigenvalue weighted by Gasteiger charge is -2.34. The maximum absolute atomic E-state index is 11.7. The van der Waals surface area contributed by atoms with Crippen LogP contribution in [0.5, 0.6) is 0 Å². The second kappa shape index (κ2) is 15.1. The van der Waals surface area contributed by atoms with Crippen molar-refractivity contribution in [2.24, 2.45) is 0 Å². The van der Waals surface area contributed by atoms with E-state index in [0.29, 0.717) is 0 Å². The average Bonchev–Trinajstić information content (AvgIpc) is 3.82. The van der Waals surface area contributed by atoms with Crippen LogP contribution in [-0.4, -0.2) is 22.3 Å². The number of rotatable bonds is 10. The number of allylic oxidation sites excluding steroid dienone is 10. The molecule has 7 rings (SSSR count). The monoisotopic (exact) mass is 666 g/mol. The minimum absolute atomic E-state index is 0.0495. The van der Waals surface area contributed by atoms with Crippen molar-refractivity contribution in [2.75, 3.05) is 0 Å². The minimum atomic E-state index is -0.863. The van der Waals surface area contributed by atoms with E-state index in [0.717, 1.165) is 47.5 Å². The van der Waals surface area contributed by atoms with Crippen LogP contribution in [0.2, 0.25) is 0 Å². The summed E-state index contributed by atoms with van der Waals surface area (Å²) in [5.41, 5.74) is 1.67. The van der Waals surface area contributed by atoms with Crippen molar-refractivity contribution < 1.29 is 10.2 Å². The van der Waals surface area contributed by atoms with E-state index in [1.807, 2.05) is 48.6 Å². The van der Waals surface area contributed by atoms with Gasteiger partial charge in [-0.05, 0) is 72.7 Å². The minimum Gasteiger partial charge on any atom is -0.494 e. The molecule has 4 aromatic rings. The Balaban J connectivity index is 1.15. The summed E-state index contributed by atoms with van der Waals surface area (Å²) in [5, 5.41) is 37.7. The molecule has 240 valence electrons. The first-order chi connectivity index (χ1) is 23.7. The van der Waals surface area contributed by atoms with Gasteiger partial charge in [-0.1, -0.05) is 158 Å². The fraction of sp³-hybridized carbons (Fsp3) is 0.143. The molecule has 0 spiro atoms. The molecule has 1 saturated carbocycles. The van der Waals surface area contributed by atoms with E-state index in [4.69, 9.17) is 0 Å². The molecule has 0 heterocycles. The van der Waals surface area contributed by atoms with Crippen LogP contribution in [0, 0.1) is 0 Å². The van der Waals surface area contributed by atoms with E-state index in [1.54, 1.807) is 0 Å². The van der Waals surface area contributed by atoms with Gasteiger partial charge in [0.25, 0.3) is 0 Å². The number of benzene rings is 4. The van der Waals surface area contributed by atoms with Gasteiger partial charge in [-0.15, -0.1) is 0 Å². The molecule has 0 amide bonds. The van der Waals surface area contributed by atoms with E-state index in [2.05, 4.69) is 120 Å². The van der Waals surface area contributed by atoms with E-state index in [1.165, 1.54) is 21.2 Å². The summed E-state index contributed by atoms with van der Waals surface area (Å²) >= 11 is 0. The lowest BCUT2D eigenvalue weighted by Crippen LogP contribution is -2.49. The number of nitrogens with one attached hydrogen (secondary N) is 2. The molecule has 0 aromatic heterocycles. The Kier molecular flexibility index (Phi) is 10.0. The molecule has 4 N–H and O–H groups in total. The summed E-state index contributed by atoms with van der Waals surface area (Å²) in [5.74, 6) is 0.386. The van der Waals surface area contributed by atoms with Gasteiger partial charge in [0.05, 0.1) is 0 Å². The Morgan fingerprint density at radius 3 is 1.10 bits per heavy atom. The first-order valence-electron chi connectivity index (χ1n) is 16.6. The van der Waals surface area contributed by atoms with Crippen LogP contribution in [0.1, 0.15) is 25.7 Å². The van der Waals surface area contributed by atoms with Crippen molar-refractivity contribution in [2.45, 2.75) is 37.8 Å². The molecule has 6 heteroatoms. The van der Waals surface area contributed by atoms with Crippen LogP contribution in [0.25, 0.3) is 0 Å². The molecule has 48 heavy (non-hydrogen) atoms. The molecule has 0 aliphatic heterocycles. The lowest BCUT2D eigenvalue weighted by atomic mass is 9.90. The molecule has 2 atom stereocenters. The third kappa shape index (κ3) is 6.97. The number of hydrogen-bond acceptors (Lipinski definition) is 4. The molecule has 0 saturated heterocycles. The zero-order valence-electron chi connectivity index (χ0n) is 26.8. The van der Waals surface area contributed by atoms with Gasteiger partial charge in [-0.2, -0.15) is 0 Å². The highest BCUT2D eigenvalue weighted by Gasteiger charge is 2.31. The fourth-order valence-corrected chi connectivity index (χ4v) is 11.7. The maximum atomic E-state index is 11.7. The van der Waals surface area contributed by atoms with Gasteiger partial charge >= 0.3 is 0 Å². The van der Waals surface area contributed by atoms with Crippen LogP contribution < -0.4 is 31.9 Å². The average molecular weight is 667 g/mol. The number of aliphatic hydroxyl groups excluding tert-OH is 2. The van der Waals surface area contributed by atoms with Crippen molar-refractivity contribution in [1.29, 1.82) is 0 Å². The largest absolute Gasteiger partial charge is 0.494 e. The van der Waals surface area contributed by atoms with Gasteiger partial charge in [-0.3, -0.25) is 0 Å². The van der Waals surface area contributed by atoms with Crippen LogP contribution in [0.3, 0.4) is 0 Å². The third-order valence-electron chi connectivity index (χ3n) is 9.05. The summed E-state index contributed by atoms with van der Waals surface area (Å²) in [6.45, 7) is 0. The Bertz CT molecular complexity index is 1680. The Labute approximate surface area is 286 Å². The van der Waals surface area contributed by atoms with Crippen molar-refractivity contribution in [3.63, 3.8) is 0 Å². The molecular formula is C42H40N2O2P2. The zero-order valence-corrected chi connectivity index (χ0v) is 28.6. The molecule has 4 nitrogen and oxygen atoms in total. The molecule has 3 aliphatic carbocycles. The molecule has 1 fully saturated rings. The summed E-state index contributed by atoms with van der Waals surface area (Å²) < 4.78 is 0. The summed E-state index contributed by atoms with van der Waals surface area (Å²) in [6.07, 6.45) is 16.3. The SMILES string of the molecule is OC(N[C@@H]1CCCC[C@H]1N/C(O)=C1\C=CC=C1P(c1ccccc1)c1ccccc1)=C1C=CC=C1P(c1ccccc1)c1ccccc1. The van der Waals surface area contributed by atoms with Crippen molar-refractivity contribution in [3.05, 3.63) is 191 Å². The van der Waals surface area contributed by atoms with Crippen molar-refractivity contribution in [1.82, 2.24) is 10.6 Å². The molecule has 0 bridgehead atoms. The molecule has 0 radical (unpaired) electrons. The van der Waals surface area contributed by atoms with Gasteiger partial charge in [0.1, 0.15) is 0 Å². The van der Waals surface area contributed by atoms with Crippen LogP contribution in [0.15, 0.2) is 191 Å². The van der Waals surface area contributed by atoms with Crippen LogP contribution in [0.4, 0.5) is 0 Å². The summed E-state index contributed by atoms with van der Waals surface area (Å²) in [6, 6.07) is 42.2. The standard InChI is InChI=1S/C42H40N2O2P2/c45-41(35-25-15-29-39(35)47(31-17-5-1-6-18-31)32-19-7-2-8-20-32)43-37-27-13-14-28-38(37)44-42(46)36-26-16-30-40(36)48(33-21-9-3-10-22-33)34-23-11-4-12-24-34/h1-12,15-26,29-30,37-38,43-46H,13-14,27-28H2/b41-35-,42-36?/t37-,38-/m1/s1. The summed E-state index contributed by atoms with van der Waals surface area (Å²) in [7, 11) is -1.73. The Morgan fingerprint density at radius 1 is 0.479 bits per heavy atom. The lowest BCUT2D eigenvalue weighted by molar-refractivity contribution is 0.236. The highest BCUT2D eigenvalue weighted by atomic mass is 31.1. The summed E-state index contributed by atoms with van der Waals surface area (Å²) in [4.78, 5) is 0. The Morgan fingerprint density at radius 2 is 0.792 bits per heavy atom. The maximum Gasteiger partial charge on any atom is 0.192 e. The topological polar surface area (TPSA) is 64.5 Å². The van der Waals surface area contributed by atoms with Crippen LogP contribution in [-0.2, 0) is 0 Å². The fourth-order valence-electron chi connectivity index (χ4n) is 6.76. The molecular weight excluding hydrogens is 626 g/mol. The highest BCUT2D eigenvalue weighted by Crippen LogP contribution is 2.50. The smallest absolute Gasteiger partial charge is 0.192 e. The van der Waals surface area contributed by atoms with Gasteiger partial charge < -0.3 is 20.8 Å². The van der Waals surface area contributed by atoms with Crippen molar-refractivity contribution in [3.8, 4) is 0 Å². The van der Waals surface area contributed by atoms with Gasteiger partial charge in [0.2, 0.25) is 0 Å². The van der Waals surface area contributed by atoms with E-state index >= 15 is 0 Å². The van der Waals surface area contributed by atoms with E-state index in [-0.39, 0.29) is 23.8 Å². The van der Waals surface area contributed by atoms with E-state index < -0.39 is 15.8 Å². The van der Waals surface area contributed by atoms with Gasteiger partial charge in [-0.25, -0.2) is 0 Å². The first kappa shape index (κ1) is 32.0. The predicted molar refractivity (Wildman–Crippen MR) is 204 cm³/mol. The van der Waals surface area contributed by atoms with Crippen molar-refractivity contribution >= 4 is 37.1 Å². The zero-order chi connectivity index (χ0) is 32.7. The second-order valence-corrected chi connectivity index (χ2v) is 16.5. The third-order valence-corrected chi connectivity index (χ3v) is 14.0. The predicted octanol–water partition coefficient (Wildman–Crippen LogP) is 8.19. The molecule has 0 unspecified atom stereocenters.